The molecule has 0 radical (unpaired) electrons. The van der Waals surface area contributed by atoms with Gasteiger partial charge < -0.3 is 21.1 Å². The summed E-state index contributed by atoms with van der Waals surface area (Å²) in [5, 5.41) is 23.5. The minimum atomic E-state index is -1.36. The molecule has 8 heteroatoms. The van der Waals surface area contributed by atoms with E-state index in [0.717, 1.165) is 18.4 Å². The van der Waals surface area contributed by atoms with E-state index in [1.807, 2.05) is 32.1 Å². The molecule has 2 fully saturated rings. The molecule has 4 N–H and O–H groups in total. The van der Waals surface area contributed by atoms with Crippen molar-refractivity contribution < 1.29 is 19.5 Å². The number of nitriles is 1. The summed E-state index contributed by atoms with van der Waals surface area (Å²) in [5.74, 6) is -0.813. The molecule has 1 saturated carbocycles. The average molecular weight is 505 g/mol. The summed E-state index contributed by atoms with van der Waals surface area (Å²) in [6.07, 6.45) is 8.75. The molecule has 1 heterocycles. The maximum atomic E-state index is 13.1. The normalized spacial score (nSPS) is 29.0. The minimum Gasteiger partial charge on any atom is -0.480 e. The van der Waals surface area contributed by atoms with Gasteiger partial charge in [0.25, 0.3) is 0 Å². The first-order chi connectivity index (χ1) is 17.6. The van der Waals surface area contributed by atoms with Crippen molar-refractivity contribution in [3.8, 4) is 6.07 Å². The van der Waals surface area contributed by atoms with Crippen molar-refractivity contribution in [1.82, 2.24) is 10.2 Å². The Labute approximate surface area is 218 Å². The molecule has 0 bridgehead atoms. The number of carbonyl (C=O) groups excluding carboxylic acids is 2. The van der Waals surface area contributed by atoms with Gasteiger partial charge in [-0.3, -0.25) is 14.4 Å². The molecule has 1 saturated heterocycles. The van der Waals surface area contributed by atoms with E-state index in [4.69, 9.17) is 5.73 Å². The summed E-state index contributed by atoms with van der Waals surface area (Å²) in [7, 11) is 0. The van der Waals surface area contributed by atoms with E-state index in [2.05, 4.69) is 18.3 Å². The number of nitrogens with two attached hydrogens (primary N) is 1. The van der Waals surface area contributed by atoms with E-state index < -0.39 is 17.3 Å². The lowest BCUT2D eigenvalue weighted by atomic mass is 9.68. The Morgan fingerprint density at radius 3 is 2.78 bits per heavy atom. The zero-order valence-corrected chi connectivity index (χ0v) is 21.7. The molecule has 1 aromatic carbocycles. The van der Waals surface area contributed by atoms with Crippen LogP contribution in [0.15, 0.2) is 42.0 Å². The number of nitrogens with one attached hydrogen (secondary N) is 1. The third-order valence-corrected chi connectivity index (χ3v) is 8.33. The monoisotopic (exact) mass is 504 g/mol. The molecule has 4 rings (SSSR count). The fourth-order valence-corrected chi connectivity index (χ4v) is 6.35. The second-order valence-corrected chi connectivity index (χ2v) is 10.6. The van der Waals surface area contributed by atoms with E-state index in [1.165, 1.54) is 0 Å². The number of likely N-dealkylation sites (tertiary alicyclic amines) is 1. The van der Waals surface area contributed by atoms with E-state index >= 15 is 0 Å². The van der Waals surface area contributed by atoms with Crippen LogP contribution in [-0.4, -0.2) is 52.5 Å². The second-order valence-electron chi connectivity index (χ2n) is 10.6. The molecular formula is C29H36N4O4. The summed E-state index contributed by atoms with van der Waals surface area (Å²) in [5.41, 5.74) is 6.64. The van der Waals surface area contributed by atoms with Crippen LogP contribution >= 0.6 is 0 Å². The number of primary amides is 1. The summed E-state index contributed by atoms with van der Waals surface area (Å²) >= 11 is 0. The van der Waals surface area contributed by atoms with Gasteiger partial charge in [0, 0.05) is 17.6 Å². The van der Waals surface area contributed by atoms with E-state index in [-0.39, 0.29) is 37.0 Å². The number of aryl methyl sites for hydroxylation is 1. The Morgan fingerprint density at radius 2 is 2.14 bits per heavy atom. The fraction of sp³-hybridized carbons (Fsp3) is 0.517. The number of amides is 2. The van der Waals surface area contributed by atoms with Crippen LogP contribution in [0.5, 0.6) is 0 Å². The molecule has 0 spiro atoms. The highest BCUT2D eigenvalue weighted by Crippen LogP contribution is 2.52. The number of aliphatic carboxylic acids is 1. The number of hydrogen-bond acceptors (Lipinski definition) is 5. The van der Waals surface area contributed by atoms with Crippen LogP contribution in [0.4, 0.5) is 0 Å². The van der Waals surface area contributed by atoms with E-state index in [0.29, 0.717) is 41.4 Å². The lowest BCUT2D eigenvalue weighted by Gasteiger charge is -2.35. The van der Waals surface area contributed by atoms with Crippen LogP contribution in [0, 0.1) is 23.2 Å². The Bertz CT molecular complexity index is 1200. The molecule has 37 heavy (non-hydrogen) atoms. The maximum absolute atomic E-state index is 13.1. The summed E-state index contributed by atoms with van der Waals surface area (Å²) in [6.45, 7) is 6.04. The Hall–Kier alpha value is -3.44. The highest BCUT2D eigenvalue weighted by molar-refractivity contribution is 5.94. The van der Waals surface area contributed by atoms with Crippen LogP contribution < -0.4 is 11.1 Å². The van der Waals surface area contributed by atoms with Crippen molar-refractivity contribution in [2.24, 2.45) is 17.6 Å². The number of hydrogen-bond donors (Lipinski definition) is 3. The highest BCUT2D eigenvalue weighted by atomic mass is 16.4. The third kappa shape index (κ3) is 4.80. The lowest BCUT2D eigenvalue weighted by molar-refractivity contribution is -0.142. The van der Waals surface area contributed by atoms with Crippen molar-refractivity contribution in [2.45, 2.75) is 76.4 Å². The van der Waals surface area contributed by atoms with Crippen LogP contribution in [0.25, 0.3) is 0 Å². The molecule has 196 valence electrons. The number of piperidine rings is 1. The first kappa shape index (κ1) is 26.6. The van der Waals surface area contributed by atoms with Gasteiger partial charge in [-0.15, -0.1) is 0 Å². The van der Waals surface area contributed by atoms with Gasteiger partial charge in [-0.1, -0.05) is 38.1 Å². The van der Waals surface area contributed by atoms with Crippen molar-refractivity contribution in [1.29, 1.82) is 5.26 Å². The van der Waals surface area contributed by atoms with Gasteiger partial charge in [-0.2, -0.15) is 5.26 Å². The first-order valence-corrected chi connectivity index (χ1v) is 13.1. The van der Waals surface area contributed by atoms with Crippen LogP contribution in [0.3, 0.4) is 0 Å². The van der Waals surface area contributed by atoms with Crippen LogP contribution in [-0.2, 0) is 21.4 Å². The smallest absolute Gasteiger partial charge is 0.318 e. The van der Waals surface area contributed by atoms with Gasteiger partial charge in [0.2, 0.25) is 11.8 Å². The number of carbonyl (C=O) groups is 3. The Balaban J connectivity index is 1.61. The fourth-order valence-electron chi connectivity index (χ4n) is 6.35. The zero-order chi connectivity index (χ0) is 26.9. The molecule has 6 unspecified atom stereocenters. The zero-order valence-electron chi connectivity index (χ0n) is 21.7. The quantitative estimate of drug-likeness (QED) is 0.473. The largest absolute Gasteiger partial charge is 0.480 e. The van der Waals surface area contributed by atoms with E-state index in [1.54, 1.807) is 23.1 Å². The standard InChI is InChI=1S/C29H36N4O4/c1-4-5-8-21-9-6-7-19-12-20(27(31)35)10-11-24(19)29(21,28(36)37)14-17(2)32-16-25(34)33-22(15-30)13-23-18(3)26(23)33/h5,8-12,17-18,22-23,26,32H,4,6-7,13-14,16H2,1-3H3,(H2,31,35)(H,36,37)/b8-5-. The lowest BCUT2D eigenvalue weighted by Crippen LogP contribution is -2.48. The van der Waals surface area contributed by atoms with Gasteiger partial charge in [-0.05, 0) is 79.7 Å². The number of rotatable bonds is 9. The molecule has 2 amide bonds. The summed E-state index contributed by atoms with van der Waals surface area (Å²) in [4.78, 5) is 39.8. The van der Waals surface area contributed by atoms with Gasteiger partial charge in [-0.25, -0.2) is 0 Å². The van der Waals surface area contributed by atoms with Crippen molar-refractivity contribution in [3.05, 3.63) is 58.7 Å². The SMILES string of the molecule is CC/C=C\C1=CCCc2cc(C(N)=O)ccc2C1(CC(C)NCC(=O)N1C(C#N)CC2C(C)C21)C(=O)O. The minimum absolute atomic E-state index is 0.0440. The van der Waals surface area contributed by atoms with E-state index in [9.17, 15) is 24.8 Å². The van der Waals surface area contributed by atoms with Crippen LogP contribution in [0.1, 0.15) is 67.9 Å². The second kappa shape index (κ2) is 10.5. The van der Waals surface area contributed by atoms with Crippen molar-refractivity contribution in [2.75, 3.05) is 6.54 Å². The molecule has 3 aliphatic rings. The Morgan fingerprint density at radius 1 is 1.38 bits per heavy atom. The van der Waals surface area contributed by atoms with Crippen molar-refractivity contribution in [3.63, 3.8) is 0 Å². The number of carboxylic acids is 1. The molecule has 1 aromatic rings. The average Bonchev–Trinajstić information content (AvgIpc) is 3.35. The number of nitrogens with zero attached hydrogens (tertiary/aromatic N) is 2. The number of fused-ring (bicyclic) bond motifs is 2. The topological polar surface area (TPSA) is 137 Å². The molecule has 6 atom stereocenters. The molecule has 0 aromatic heterocycles. The summed E-state index contributed by atoms with van der Waals surface area (Å²) < 4.78 is 0. The molecule has 8 nitrogen and oxygen atoms in total. The molecule has 1 aliphatic heterocycles. The molecule has 2 aliphatic carbocycles. The van der Waals surface area contributed by atoms with Crippen molar-refractivity contribution >= 4 is 17.8 Å². The van der Waals surface area contributed by atoms with Crippen LogP contribution in [0.2, 0.25) is 0 Å². The third-order valence-electron chi connectivity index (χ3n) is 8.33. The molecular weight excluding hydrogens is 468 g/mol. The van der Waals surface area contributed by atoms with Gasteiger partial charge in [0.15, 0.2) is 0 Å². The van der Waals surface area contributed by atoms with Gasteiger partial charge >= 0.3 is 5.97 Å². The number of allylic oxidation sites excluding steroid dienone is 3. The first-order valence-electron chi connectivity index (χ1n) is 13.1. The van der Waals surface area contributed by atoms with Gasteiger partial charge in [0.05, 0.1) is 12.6 Å². The number of carboxylic acid groups (broad SMARTS) is 1. The predicted octanol–water partition coefficient (Wildman–Crippen LogP) is 3.07. The van der Waals surface area contributed by atoms with Gasteiger partial charge in [0.1, 0.15) is 11.5 Å². The predicted molar refractivity (Wildman–Crippen MR) is 139 cm³/mol. The maximum Gasteiger partial charge on any atom is 0.318 e. The summed E-state index contributed by atoms with van der Waals surface area (Å²) in [6, 6.07) is 6.71. The highest BCUT2D eigenvalue weighted by Gasteiger charge is 2.60. The Kier molecular flexibility index (Phi) is 7.56. The number of benzene rings is 1.